The van der Waals surface area contributed by atoms with Gasteiger partial charge in [-0.2, -0.15) is 0 Å². The smallest absolute Gasteiger partial charge is 0.261 e. The lowest BCUT2D eigenvalue weighted by molar-refractivity contribution is 0.0953. The first-order valence-corrected chi connectivity index (χ1v) is 7.11. The minimum atomic E-state index is -0.00930. The summed E-state index contributed by atoms with van der Waals surface area (Å²) >= 11 is 1.47. The Morgan fingerprint density at radius 1 is 1.26 bits per heavy atom. The summed E-state index contributed by atoms with van der Waals surface area (Å²) in [7, 11) is 1.66. The molecule has 0 unspecified atom stereocenters. The van der Waals surface area contributed by atoms with Gasteiger partial charge < -0.3 is 10.1 Å². The zero-order valence-corrected chi connectivity index (χ0v) is 11.7. The zero-order valence-electron chi connectivity index (χ0n) is 10.9. The molecule has 0 atom stereocenters. The lowest BCUT2D eigenvalue weighted by atomic mass is 10.1. The molecule has 3 nitrogen and oxygen atoms in total. The number of thiophene rings is 1. The maximum atomic E-state index is 12.1. The minimum Gasteiger partial charge on any atom is -0.385 e. The third-order valence-electron chi connectivity index (χ3n) is 2.77. The second-order valence-electron chi connectivity index (χ2n) is 4.13. The van der Waals surface area contributed by atoms with Gasteiger partial charge in [0, 0.05) is 25.8 Å². The van der Waals surface area contributed by atoms with Crippen LogP contribution in [0.25, 0.3) is 11.1 Å². The van der Waals surface area contributed by atoms with E-state index in [0.29, 0.717) is 13.2 Å². The lowest BCUT2D eigenvalue weighted by Crippen LogP contribution is -2.24. The molecule has 1 aromatic carbocycles. The fraction of sp³-hybridized carbons (Fsp3) is 0.267. The zero-order chi connectivity index (χ0) is 13.5. The van der Waals surface area contributed by atoms with Crippen LogP contribution in [0.15, 0.2) is 41.8 Å². The van der Waals surface area contributed by atoms with E-state index in [1.807, 2.05) is 41.8 Å². The van der Waals surface area contributed by atoms with E-state index in [-0.39, 0.29) is 5.91 Å². The molecule has 0 fully saturated rings. The van der Waals surface area contributed by atoms with Gasteiger partial charge in [-0.1, -0.05) is 30.3 Å². The SMILES string of the molecule is COCCCNC(=O)c1sccc1-c1ccccc1. The van der Waals surface area contributed by atoms with E-state index >= 15 is 0 Å². The molecule has 2 rings (SSSR count). The van der Waals surface area contributed by atoms with Gasteiger partial charge in [0.15, 0.2) is 0 Å². The molecule has 1 amide bonds. The minimum absolute atomic E-state index is 0.00930. The predicted molar refractivity (Wildman–Crippen MR) is 78.6 cm³/mol. The van der Waals surface area contributed by atoms with Crippen molar-refractivity contribution >= 4 is 17.2 Å². The van der Waals surface area contributed by atoms with Gasteiger partial charge in [-0.3, -0.25) is 4.79 Å². The van der Waals surface area contributed by atoms with E-state index in [9.17, 15) is 4.79 Å². The molecule has 1 heterocycles. The molecule has 0 saturated heterocycles. The van der Waals surface area contributed by atoms with Gasteiger partial charge in [-0.15, -0.1) is 11.3 Å². The molecular weight excluding hydrogens is 258 g/mol. The number of hydrogen-bond acceptors (Lipinski definition) is 3. The van der Waals surface area contributed by atoms with E-state index in [2.05, 4.69) is 5.32 Å². The Hall–Kier alpha value is -1.65. The average Bonchev–Trinajstić information content (AvgIpc) is 2.94. The number of hydrogen-bond donors (Lipinski definition) is 1. The fourth-order valence-corrected chi connectivity index (χ4v) is 2.66. The number of carbonyl (C=O) groups is 1. The molecule has 1 aromatic heterocycles. The largest absolute Gasteiger partial charge is 0.385 e. The highest BCUT2D eigenvalue weighted by molar-refractivity contribution is 7.12. The molecule has 1 N–H and O–H groups in total. The Bertz CT molecular complexity index is 522. The predicted octanol–water partition coefficient (Wildman–Crippen LogP) is 3.18. The molecule has 2 aromatic rings. The van der Waals surface area contributed by atoms with Crippen molar-refractivity contribution in [2.45, 2.75) is 6.42 Å². The van der Waals surface area contributed by atoms with E-state index in [4.69, 9.17) is 4.74 Å². The van der Waals surface area contributed by atoms with Crippen LogP contribution in [-0.2, 0) is 4.74 Å². The van der Waals surface area contributed by atoms with Gasteiger partial charge in [0.25, 0.3) is 5.91 Å². The van der Waals surface area contributed by atoms with Crippen LogP contribution in [0.4, 0.5) is 0 Å². The van der Waals surface area contributed by atoms with Crippen molar-refractivity contribution < 1.29 is 9.53 Å². The molecule has 0 saturated carbocycles. The summed E-state index contributed by atoms with van der Waals surface area (Å²) in [6, 6.07) is 12.0. The molecule has 100 valence electrons. The van der Waals surface area contributed by atoms with Gasteiger partial charge in [0.1, 0.15) is 0 Å². The molecule has 0 spiro atoms. The average molecular weight is 275 g/mol. The number of nitrogens with one attached hydrogen (secondary N) is 1. The van der Waals surface area contributed by atoms with Crippen molar-refractivity contribution in [3.63, 3.8) is 0 Å². The van der Waals surface area contributed by atoms with Crippen molar-refractivity contribution in [1.29, 1.82) is 0 Å². The molecule has 19 heavy (non-hydrogen) atoms. The van der Waals surface area contributed by atoms with Crippen LogP contribution in [0.2, 0.25) is 0 Å². The normalized spacial score (nSPS) is 10.4. The monoisotopic (exact) mass is 275 g/mol. The highest BCUT2D eigenvalue weighted by atomic mass is 32.1. The number of methoxy groups -OCH3 is 1. The first-order valence-electron chi connectivity index (χ1n) is 6.23. The highest BCUT2D eigenvalue weighted by Gasteiger charge is 2.13. The maximum Gasteiger partial charge on any atom is 0.261 e. The standard InChI is InChI=1S/C15H17NO2S/c1-18-10-5-9-16-15(17)14-13(8-11-19-14)12-6-3-2-4-7-12/h2-4,6-8,11H,5,9-10H2,1H3,(H,16,17). The molecular formula is C15H17NO2S. The first kappa shape index (κ1) is 13.8. The van der Waals surface area contributed by atoms with Crippen molar-refractivity contribution in [1.82, 2.24) is 5.32 Å². The quantitative estimate of drug-likeness (QED) is 0.822. The molecule has 0 aliphatic heterocycles. The molecule has 0 bridgehead atoms. The first-order chi connectivity index (χ1) is 9.33. The van der Waals surface area contributed by atoms with Crippen LogP contribution in [0.5, 0.6) is 0 Å². The Labute approximate surface area is 117 Å². The van der Waals surface area contributed by atoms with Crippen molar-refractivity contribution in [3.8, 4) is 11.1 Å². The van der Waals surface area contributed by atoms with Gasteiger partial charge in [0.05, 0.1) is 4.88 Å². The summed E-state index contributed by atoms with van der Waals surface area (Å²) in [5, 5.41) is 4.87. The molecule has 0 aliphatic carbocycles. The second kappa shape index (κ2) is 7.07. The highest BCUT2D eigenvalue weighted by Crippen LogP contribution is 2.27. The summed E-state index contributed by atoms with van der Waals surface area (Å²) in [6.07, 6.45) is 0.828. The second-order valence-corrected chi connectivity index (χ2v) is 5.05. The van der Waals surface area contributed by atoms with Crippen LogP contribution in [0.1, 0.15) is 16.1 Å². The van der Waals surface area contributed by atoms with Crippen LogP contribution in [0.3, 0.4) is 0 Å². The molecule has 0 aliphatic rings. The Kier molecular flexibility index (Phi) is 5.12. The van der Waals surface area contributed by atoms with Crippen molar-refractivity contribution in [3.05, 3.63) is 46.7 Å². The Morgan fingerprint density at radius 2 is 2.05 bits per heavy atom. The lowest BCUT2D eigenvalue weighted by Gasteiger charge is -2.06. The fourth-order valence-electron chi connectivity index (χ4n) is 1.83. The number of benzene rings is 1. The summed E-state index contributed by atoms with van der Waals surface area (Å²) in [5.41, 5.74) is 2.07. The van der Waals surface area contributed by atoms with Gasteiger partial charge >= 0.3 is 0 Å². The van der Waals surface area contributed by atoms with Gasteiger partial charge in [-0.25, -0.2) is 0 Å². The van der Waals surface area contributed by atoms with Crippen LogP contribution >= 0.6 is 11.3 Å². The van der Waals surface area contributed by atoms with Gasteiger partial charge in [0.2, 0.25) is 0 Å². The van der Waals surface area contributed by atoms with Crippen molar-refractivity contribution in [2.75, 3.05) is 20.3 Å². The van der Waals surface area contributed by atoms with Crippen molar-refractivity contribution in [2.24, 2.45) is 0 Å². The Morgan fingerprint density at radius 3 is 2.79 bits per heavy atom. The molecule has 4 heteroatoms. The van der Waals surface area contributed by atoms with E-state index in [1.165, 1.54) is 11.3 Å². The maximum absolute atomic E-state index is 12.1. The third-order valence-corrected chi connectivity index (χ3v) is 3.68. The van der Waals surface area contributed by atoms with Gasteiger partial charge in [-0.05, 0) is 23.4 Å². The summed E-state index contributed by atoms with van der Waals surface area (Å²) in [4.78, 5) is 12.9. The number of amides is 1. The van der Waals surface area contributed by atoms with Crippen LogP contribution in [-0.4, -0.2) is 26.2 Å². The topological polar surface area (TPSA) is 38.3 Å². The molecule has 0 radical (unpaired) electrons. The van der Waals surface area contributed by atoms with Crippen LogP contribution in [0, 0.1) is 0 Å². The Balaban J connectivity index is 2.05. The van der Waals surface area contributed by atoms with Crippen LogP contribution < -0.4 is 5.32 Å². The number of ether oxygens (including phenoxy) is 1. The van der Waals surface area contributed by atoms with E-state index < -0.39 is 0 Å². The number of rotatable bonds is 6. The summed E-state index contributed by atoms with van der Waals surface area (Å²) in [6.45, 7) is 1.30. The number of carbonyl (C=O) groups excluding carboxylic acids is 1. The summed E-state index contributed by atoms with van der Waals surface area (Å²) in [5.74, 6) is -0.00930. The summed E-state index contributed by atoms with van der Waals surface area (Å²) < 4.78 is 4.96. The third kappa shape index (κ3) is 3.66. The van der Waals surface area contributed by atoms with E-state index in [0.717, 1.165) is 22.4 Å². The van der Waals surface area contributed by atoms with E-state index in [1.54, 1.807) is 7.11 Å².